The zero-order valence-corrected chi connectivity index (χ0v) is 8.39. The highest BCUT2D eigenvalue weighted by molar-refractivity contribution is 5.96. The van der Waals surface area contributed by atoms with E-state index in [9.17, 15) is 5.11 Å². The topological polar surface area (TPSA) is 59.4 Å². The molecule has 0 aromatic heterocycles. The maximum atomic E-state index is 9.51. The molecule has 4 heteroatoms. The molecular weight excluding hydrogens is 166 g/mol. The van der Waals surface area contributed by atoms with Gasteiger partial charge in [-0.1, -0.05) is 27.4 Å². The first kappa shape index (κ1) is 10.1. The van der Waals surface area contributed by atoms with Crippen LogP contribution in [0.15, 0.2) is 12.3 Å². The van der Waals surface area contributed by atoms with Gasteiger partial charge in [0.25, 0.3) is 0 Å². The van der Waals surface area contributed by atoms with E-state index in [1.165, 1.54) is 0 Å². The van der Waals surface area contributed by atoms with E-state index in [0.717, 1.165) is 0 Å². The minimum absolute atomic E-state index is 0.0551. The fraction of sp³-hybridized carbons (Fsp3) is 0.667. The van der Waals surface area contributed by atoms with Gasteiger partial charge in [-0.15, -0.1) is 0 Å². The van der Waals surface area contributed by atoms with Gasteiger partial charge in [0.15, 0.2) is 0 Å². The molecular formula is C9H17N3O. The van der Waals surface area contributed by atoms with Crippen LogP contribution in [0.25, 0.3) is 0 Å². The molecule has 1 aliphatic heterocycles. The van der Waals surface area contributed by atoms with Gasteiger partial charge in [-0.25, -0.2) is 0 Å². The Morgan fingerprint density at radius 1 is 1.62 bits per heavy atom. The molecule has 4 nitrogen and oxygen atoms in total. The molecule has 13 heavy (non-hydrogen) atoms. The van der Waals surface area contributed by atoms with Crippen LogP contribution in [0.4, 0.5) is 0 Å². The highest BCUT2D eigenvalue weighted by Gasteiger charge is 2.31. The van der Waals surface area contributed by atoms with Crippen LogP contribution in [-0.4, -0.2) is 28.7 Å². The van der Waals surface area contributed by atoms with Crippen LogP contribution in [-0.2, 0) is 0 Å². The van der Waals surface area contributed by atoms with Crippen LogP contribution in [0.1, 0.15) is 20.8 Å². The van der Waals surface area contributed by atoms with E-state index >= 15 is 0 Å². The number of hydrogen-bond donors (Lipinski definition) is 3. The van der Waals surface area contributed by atoms with E-state index in [2.05, 4.69) is 32.7 Å². The molecule has 1 heterocycles. The van der Waals surface area contributed by atoms with Gasteiger partial charge in [-0.05, 0) is 5.41 Å². The number of amidine groups is 1. The third-order valence-corrected chi connectivity index (χ3v) is 1.82. The first-order valence-corrected chi connectivity index (χ1v) is 4.30. The first-order chi connectivity index (χ1) is 5.81. The highest BCUT2D eigenvalue weighted by atomic mass is 16.3. The van der Waals surface area contributed by atoms with Gasteiger partial charge in [-0.3, -0.25) is 5.41 Å². The molecule has 1 saturated heterocycles. The second-order valence-electron chi connectivity index (χ2n) is 4.53. The van der Waals surface area contributed by atoms with Gasteiger partial charge in [0.2, 0.25) is 6.35 Å². The minimum Gasteiger partial charge on any atom is -0.356 e. The molecule has 0 saturated carbocycles. The van der Waals surface area contributed by atoms with Crippen LogP contribution in [0.5, 0.6) is 0 Å². The Morgan fingerprint density at radius 3 is 2.46 bits per heavy atom. The molecule has 0 aliphatic carbocycles. The smallest absolute Gasteiger partial charge is 0.206 e. The predicted octanol–water partition coefficient (Wildman–Crippen LogP) is 0.705. The Morgan fingerprint density at radius 2 is 2.15 bits per heavy atom. The van der Waals surface area contributed by atoms with Crippen LogP contribution in [0.2, 0.25) is 0 Å². The summed E-state index contributed by atoms with van der Waals surface area (Å²) in [5.74, 6) is 0.280. The molecule has 0 aromatic rings. The summed E-state index contributed by atoms with van der Waals surface area (Å²) in [5, 5.41) is 19.8. The molecule has 74 valence electrons. The van der Waals surface area contributed by atoms with Crippen molar-refractivity contribution in [1.29, 1.82) is 5.41 Å². The minimum atomic E-state index is -0.792. The van der Waals surface area contributed by atoms with Crippen molar-refractivity contribution >= 4 is 5.84 Å². The summed E-state index contributed by atoms with van der Waals surface area (Å²) in [7, 11) is 0. The van der Waals surface area contributed by atoms with Gasteiger partial charge in [0.1, 0.15) is 5.84 Å². The van der Waals surface area contributed by atoms with Crippen molar-refractivity contribution in [3.63, 3.8) is 0 Å². The van der Waals surface area contributed by atoms with E-state index in [4.69, 9.17) is 5.41 Å². The summed E-state index contributed by atoms with van der Waals surface area (Å²) < 4.78 is 0. The lowest BCUT2D eigenvalue weighted by Crippen LogP contribution is -2.41. The van der Waals surface area contributed by atoms with E-state index in [-0.39, 0.29) is 11.3 Å². The number of aliphatic hydroxyl groups excluding tert-OH is 1. The fourth-order valence-corrected chi connectivity index (χ4v) is 1.27. The number of nitrogens with one attached hydrogen (secondary N) is 2. The lowest BCUT2D eigenvalue weighted by atomic mass is 9.96. The molecule has 0 bridgehead atoms. The first-order valence-electron chi connectivity index (χ1n) is 4.30. The molecule has 0 amide bonds. The van der Waals surface area contributed by atoms with Crippen molar-refractivity contribution in [3.05, 3.63) is 12.3 Å². The van der Waals surface area contributed by atoms with Crippen molar-refractivity contribution in [2.45, 2.75) is 27.1 Å². The zero-order chi connectivity index (χ0) is 10.2. The van der Waals surface area contributed by atoms with Gasteiger partial charge in [0.05, 0.1) is 5.70 Å². The monoisotopic (exact) mass is 183 g/mol. The predicted molar refractivity (Wildman–Crippen MR) is 52.2 cm³/mol. The summed E-state index contributed by atoms with van der Waals surface area (Å²) in [5.41, 5.74) is 0.538. The standard InChI is InChI=1S/C9H17N3O/c1-6-7(10)12(8(13)11-6)5-9(2,3)4/h8,10-11,13H,1,5H2,2-4H3. The largest absolute Gasteiger partial charge is 0.356 e. The Labute approximate surface area is 78.8 Å². The van der Waals surface area contributed by atoms with Gasteiger partial charge in [-0.2, -0.15) is 0 Å². The van der Waals surface area contributed by atoms with Crippen molar-refractivity contribution in [3.8, 4) is 0 Å². The van der Waals surface area contributed by atoms with Crippen LogP contribution in [0.3, 0.4) is 0 Å². The van der Waals surface area contributed by atoms with E-state index < -0.39 is 6.35 Å². The number of hydrogen-bond acceptors (Lipinski definition) is 3. The van der Waals surface area contributed by atoms with E-state index in [1.54, 1.807) is 4.90 Å². The fourth-order valence-electron chi connectivity index (χ4n) is 1.27. The molecule has 1 unspecified atom stereocenters. The van der Waals surface area contributed by atoms with E-state index in [0.29, 0.717) is 12.2 Å². The quantitative estimate of drug-likeness (QED) is 0.561. The normalized spacial score (nSPS) is 23.7. The Balaban J connectivity index is 2.70. The van der Waals surface area contributed by atoms with Gasteiger partial charge >= 0.3 is 0 Å². The van der Waals surface area contributed by atoms with Crippen LogP contribution < -0.4 is 5.32 Å². The van der Waals surface area contributed by atoms with Crippen LogP contribution >= 0.6 is 0 Å². The summed E-state index contributed by atoms with van der Waals surface area (Å²) in [6.45, 7) is 10.5. The summed E-state index contributed by atoms with van der Waals surface area (Å²) in [4.78, 5) is 1.60. The highest BCUT2D eigenvalue weighted by Crippen LogP contribution is 2.20. The summed E-state index contributed by atoms with van der Waals surface area (Å²) in [6, 6.07) is 0. The average Bonchev–Trinajstić information content (AvgIpc) is 2.14. The van der Waals surface area contributed by atoms with Crippen LogP contribution in [0, 0.1) is 10.8 Å². The number of aliphatic hydroxyl groups is 1. The van der Waals surface area contributed by atoms with Gasteiger partial charge < -0.3 is 15.3 Å². The van der Waals surface area contributed by atoms with Gasteiger partial charge in [0, 0.05) is 6.54 Å². The SMILES string of the molecule is C=C1NC(O)N(CC(C)(C)C)C1=N. The summed E-state index contributed by atoms with van der Waals surface area (Å²) in [6.07, 6.45) is -0.792. The third-order valence-electron chi connectivity index (χ3n) is 1.82. The number of rotatable bonds is 1. The molecule has 1 rings (SSSR count). The van der Waals surface area contributed by atoms with Crippen molar-refractivity contribution in [2.75, 3.05) is 6.54 Å². The third kappa shape index (κ3) is 2.21. The Bertz CT molecular complexity index is 242. The molecule has 0 spiro atoms. The van der Waals surface area contributed by atoms with E-state index in [1.807, 2.05) is 0 Å². The summed E-state index contributed by atoms with van der Waals surface area (Å²) >= 11 is 0. The molecule has 3 N–H and O–H groups in total. The second kappa shape index (κ2) is 3.03. The maximum Gasteiger partial charge on any atom is 0.206 e. The lowest BCUT2D eigenvalue weighted by Gasteiger charge is -2.28. The zero-order valence-electron chi connectivity index (χ0n) is 8.39. The molecule has 1 aliphatic rings. The van der Waals surface area contributed by atoms with Crippen molar-refractivity contribution in [2.24, 2.45) is 5.41 Å². The molecule has 1 fully saturated rings. The number of nitrogens with zero attached hydrogens (tertiary/aromatic N) is 1. The molecule has 0 aromatic carbocycles. The Kier molecular flexibility index (Phi) is 2.34. The van der Waals surface area contributed by atoms with Crippen molar-refractivity contribution < 1.29 is 5.11 Å². The lowest BCUT2D eigenvalue weighted by molar-refractivity contribution is 0.0329. The second-order valence-corrected chi connectivity index (χ2v) is 4.53. The molecule has 1 atom stereocenters. The maximum absolute atomic E-state index is 9.51. The Hall–Kier alpha value is -1.03. The molecule has 0 radical (unpaired) electrons. The average molecular weight is 183 g/mol. The van der Waals surface area contributed by atoms with Crippen molar-refractivity contribution in [1.82, 2.24) is 10.2 Å².